The molecule has 3 aromatic heterocycles. The molecular weight excluding hydrogens is 324 g/mol. The Morgan fingerprint density at radius 1 is 1.38 bits per heavy atom. The highest BCUT2D eigenvalue weighted by Crippen LogP contribution is 2.33. The monoisotopic (exact) mass is 344 g/mol. The highest BCUT2D eigenvalue weighted by molar-refractivity contribution is 7.18. The maximum absolute atomic E-state index is 13.0. The van der Waals surface area contributed by atoms with E-state index in [1.54, 1.807) is 23.5 Å². The molecule has 0 spiro atoms. The molecule has 1 atom stereocenters. The number of aromatic nitrogens is 3. The number of nitrogens with one attached hydrogen (secondary N) is 1. The lowest BCUT2D eigenvalue weighted by atomic mass is 9.97. The molecule has 4 rings (SSSR count). The van der Waals surface area contributed by atoms with Crippen LogP contribution < -0.4 is 10.9 Å². The van der Waals surface area contributed by atoms with E-state index in [2.05, 4.69) is 15.4 Å². The Morgan fingerprint density at radius 3 is 3.00 bits per heavy atom. The molecule has 0 saturated heterocycles. The van der Waals surface area contributed by atoms with Crippen molar-refractivity contribution < 1.29 is 5.11 Å². The van der Waals surface area contributed by atoms with Gasteiger partial charge in [-0.3, -0.25) is 4.79 Å². The second kappa shape index (κ2) is 6.14. The minimum absolute atomic E-state index is 0.0282. The van der Waals surface area contributed by atoms with Gasteiger partial charge in [0.15, 0.2) is 5.65 Å². The zero-order valence-corrected chi connectivity index (χ0v) is 14.4. The second-order valence-electron chi connectivity index (χ2n) is 6.23. The van der Waals surface area contributed by atoms with Crippen LogP contribution in [0.1, 0.15) is 36.6 Å². The van der Waals surface area contributed by atoms with Gasteiger partial charge in [0.2, 0.25) is 0 Å². The van der Waals surface area contributed by atoms with Crippen molar-refractivity contribution in [2.24, 2.45) is 0 Å². The number of hydrogen-bond donors (Lipinski definition) is 2. The van der Waals surface area contributed by atoms with Crippen LogP contribution in [0, 0.1) is 0 Å². The summed E-state index contributed by atoms with van der Waals surface area (Å²) in [6.45, 7) is 2.02. The molecule has 0 aliphatic heterocycles. The van der Waals surface area contributed by atoms with Gasteiger partial charge in [0.25, 0.3) is 5.56 Å². The fraction of sp³-hybridized carbons (Fsp3) is 0.471. The third kappa shape index (κ3) is 2.48. The molecule has 3 heterocycles. The summed E-state index contributed by atoms with van der Waals surface area (Å²) in [5, 5.41) is 17.6. The van der Waals surface area contributed by atoms with Crippen LogP contribution in [0.3, 0.4) is 0 Å². The molecule has 1 aliphatic carbocycles. The summed E-state index contributed by atoms with van der Waals surface area (Å²) in [5.41, 5.74) is 1.65. The van der Waals surface area contributed by atoms with E-state index in [0.29, 0.717) is 11.5 Å². The average molecular weight is 344 g/mol. The van der Waals surface area contributed by atoms with Crippen LogP contribution in [0.15, 0.2) is 16.9 Å². The zero-order chi connectivity index (χ0) is 16.7. The lowest BCUT2D eigenvalue weighted by Crippen LogP contribution is -2.25. The Bertz CT molecular complexity index is 959. The number of rotatable bonds is 4. The van der Waals surface area contributed by atoms with Crippen molar-refractivity contribution in [2.45, 2.75) is 45.1 Å². The predicted molar refractivity (Wildman–Crippen MR) is 96.1 cm³/mol. The summed E-state index contributed by atoms with van der Waals surface area (Å²) in [4.78, 5) is 19.8. The Kier molecular flexibility index (Phi) is 3.97. The SMILES string of the molecule is CC[C@H](CO)Nc1ccc2nc3sc4c(c3c(=O)n2n1)CCCC4. The Morgan fingerprint density at radius 2 is 2.21 bits per heavy atom. The number of hydrogen-bond acceptors (Lipinski definition) is 6. The van der Waals surface area contributed by atoms with Crippen LogP contribution in [0.2, 0.25) is 0 Å². The van der Waals surface area contributed by atoms with E-state index in [1.807, 2.05) is 6.92 Å². The second-order valence-corrected chi connectivity index (χ2v) is 7.31. The third-order valence-electron chi connectivity index (χ3n) is 4.66. The normalized spacial score (nSPS) is 15.6. The molecule has 0 bridgehead atoms. The number of aliphatic hydroxyl groups is 1. The Balaban J connectivity index is 1.88. The fourth-order valence-corrected chi connectivity index (χ4v) is 4.53. The zero-order valence-electron chi connectivity index (χ0n) is 13.6. The first-order valence-electron chi connectivity index (χ1n) is 8.43. The van der Waals surface area contributed by atoms with Crippen LogP contribution in [0.4, 0.5) is 5.82 Å². The molecule has 0 aromatic carbocycles. The van der Waals surface area contributed by atoms with Crippen molar-refractivity contribution in [1.82, 2.24) is 14.6 Å². The van der Waals surface area contributed by atoms with E-state index in [0.717, 1.165) is 35.9 Å². The van der Waals surface area contributed by atoms with Gasteiger partial charge in [-0.05, 0) is 49.8 Å². The van der Waals surface area contributed by atoms with E-state index < -0.39 is 0 Å². The van der Waals surface area contributed by atoms with Gasteiger partial charge in [-0.1, -0.05) is 6.92 Å². The number of anilines is 1. The smallest absolute Gasteiger partial charge is 0.283 e. The van der Waals surface area contributed by atoms with Crippen LogP contribution in [-0.2, 0) is 12.8 Å². The first kappa shape index (κ1) is 15.5. The van der Waals surface area contributed by atoms with E-state index in [4.69, 9.17) is 0 Å². The number of fused-ring (bicyclic) bond motifs is 4. The standard InChI is InChI=1S/C17H20N4O2S/c1-2-10(9-22)18-13-7-8-14-19-16-15(17(23)21(14)20-13)11-5-3-4-6-12(11)24-16/h7-8,10,22H,2-6,9H2,1H3,(H,18,20)/t10-/m1/s1. The van der Waals surface area contributed by atoms with Gasteiger partial charge in [-0.15, -0.1) is 16.4 Å². The van der Waals surface area contributed by atoms with Crippen molar-refractivity contribution in [3.63, 3.8) is 0 Å². The summed E-state index contributed by atoms with van der Waals surface area (Å²) in [5.74, 6) is 0.579. The lowest BCUT2D eigenvalue weighted by Gasteiger charge is -2.14. The van der Waals surface area contributed by atoms with Crippen LogP contribution >= 0.6 is 11.3 Å². The third-order valence-corrected chi connectivity index (χ3v) is 5.84. The number of thiophene rings is 1. The molecule has 1 aliphatic rings. The van der Waals surface area contributed by atoms with Gasteiger partial charge in [0.05, 0.1) is 18.0 Å². The topological polar surface area (TPSA) is 79.5 Å². The summed E-state index contributed by atoms with van der Waals surface area (Å²) in [7, 11) is 0. The van der Waals surface area contributed by atoms with Crippen molar-refractivity contribution in [3.05, 3.63) is 32.9 Å². The molecule has 126 valence electrons. The Labute approximate surface area is 143 Å². The van der Waals surface area contributed by atoms with Crippen molar-refractivity contribution in [1.29, 1.82) is 0 Å². The summed E-state index contributed by atoms with van der Waals surface area (Å²) in [6.07, 6.45) is 5.10. The molecule has 24 heavy (non-hydrogen) atoms. The first-order valence-corrected chi connectivity index (χ1v) is 9.24. The lowest BCUT2D eigenvalue weighted by molar-refractivity contribution is 0.271. The summed E-state index contributed by atoms with van der Waals surface area (Å²) >= 11 is 1.65. The van der Waals surface area contributed by atoms with Gasteiger partial charge in [0.1, 0.15) is 10.6 Å². The summed E-state index contributed by atoms with van der Waals surface area (Å²) < 4.78 is 1.39. The summed E-state index contributed by atoms with van der Waals surface area (Å²) in [6, 6.07) is 3.54. The maximum Gasteiger partial charge on any atom is 0.283 e. The minimum Gasteiger partial charge on any atom is -0.394 e. The molecular formula is C17H20N4O2S. The quantitative estimate of drug-likeness (QED) is 0.759. The average Bonchev–Trinajstić information content (AvgIpc) is 2.98. The molecule has 0 saturated carbocycles. The molecule has 0 fully saturated rings. The molecule has 2 N–H and O–H groups in total. The van der Waals surface area contributed by atoms with Crippen molar-refractivity contribution >= 4 is 33.0 Å². The van der Waals surface area contributed by atoms with Gasteiger partial charge >= 0.3 is 0 Å². The molecule has 0 unspecified atom stereocenters. The van der Waals surface area contributed by atoms with Crippen molar-refractivity contribution in [3.8, 4) is 0 Å². The number of aliphatic hydroxyl groups excluding tert-OH is 1. The van der Waals surface area contributed by atoms with Gasteiger partial charge in [-0.2, -0.15) is 4.52 Å². The van der Waals surface area contributed by atoms with E-state index in [1.165, 1.54) is 21.4 Å². The highest BCUT2D eigenvalue weighted by atomic mass is 32.1. The van der Waals surface area contributed by atoms with Crippen molar-refractivity contribution in [2.75, 3.05) is 11.9 Å². The maximum atomic E-state index is 13.0. The molecule has 3 aromatic rings. The molecule has 6 nitrogen and oxygen atoms in total. The van der Waals surface area contributed by atoms with Gasteiger partial charge < -0.3 is 10.4 Å². The van der Waals surface area contributed by atoms with Gasteiger partial charge in [-0.25, -0.2) is 4.98 Å². The van der Waals surface area contributed by atoms with Crippen LogP contribution in [0.5, 0.6) is 0 Å². The molecule has 7 heteroatoms. The van der Waals surface area contributed by atoms with E-state index >= 15 is 0 Å². The van der Waals surface area contributed by atoms with Crippen LogP contribution in [-0.4, -0.2) is 32.4 Å². The fourth-order valence-electron chi connectivity index (χ4n) is 3.27. The highest BCUT2D eigenvalue weighted by Gasteiger charge is 2.20. The minimum atomic E-state index is -0.0879. The largest absolute Gasteiger partial charge is 0.394 e. The molecule has 0 radical (unpaired) electrons. The van der Waals surface area contributed by atoms with E-state index in [9.17, 15) is 9.90 Å². The number of nitrogens with zero attached hydrogens (tertiary/aromatic N) is 3. The first-order chi connectivity index (χ1) is 11.7. The predicted octanol–water partition coefficient (Wildman–Crippen LogP) is 2.37. The van der Waals surface area contributed by atoms with Crippen LogP contribution in [0.25, 0.3) is 15.9 Å². The number of aryl methyl sites for hydroxylation is 2. The molecule has 0 amide bonds. The van der Waals surface area contributed by atoms with E-state index in [-0.39, 0.29) is 18.2 Å². The van der Waals surface area contributed by atoms with Gasteiger partial charge in [0, 0.05) is 4.88 Å². The Hall–Kier alpha value is -1.99.